The molecule has 2 N–H and O–H groups in total. The molecule has 0 amide bonds. The van der Waals surface area contributed by atoms with E-state index in [1.165, 1.54) is 24.3 Å². The number of allylic oxidation sites excluding steroid dienone is 1. The third kappa shape index (κ3) is 3.74. The van der Waals surface area contributed by atoms with Gasteiger partial charge in [0.25, 0.3) is 0 Å². The molecule has 0 saturated heterocycles. The summed E-state index contributed by atoms with van der Waals surface area (Å²) in [6.07, 6.45) is 4.91. The lowest BCUT2D eigenvalue weighted by Crippen LogP contribution is -2.08. The van der Waals surface area contributed by atoms with E-state index in [1.807, 2.05) is 0 Å². The van der Waals surface area contributed by atoms with Gasteiger partial charge in [-0.2, -0.15) is 0 Å². The van der Waals surface area contributed by atoms with Gasteiger partial charge in [0.15, 0.2) is 0 Å². The van der Waals surface area contributed by atoms with E-state index in [2.05, 4.69) is 15.3 Å². The Labute approximate surface area is 168 Å². The van der Waals surface area contributed by atoms with Crippen LogP contribution in [0, 0.1) is 11.6 Å². The summed E-state index contributed by atoms with van der Waals surface area (Å²) in [5, 5.41) is 11.9. The highest BCUT2D eigenvalue weighted by Crippen LogP contribution is 2.37. The van der Waals surface area contributed by atoms with Crippen LogP contribution in [0.25, 0.3) is 11.1 Å². The van der Waals surface area contributed by atoms with Gasteiger partial charge in [-0.1, -0.05) is 23.7 Å². The number of nitrogens with zero attached hydrogens (tertiary/aromatic N) is 2. The van der Waals surface area contributed by atoms with Gasteiger partial charge in [0, 0.05) is 0 Å². The molecular weight excluding hydrogens is 404 g/mol. The maximum atomic E-state index is 14.1. The quantitative estimate of drug-likeness (QED) is 0.612. The minimum absolute atomic E-state index is 0.0459. The van der Waals surface area contributed by atoms with E-state index in [1.54, 1.807) is 18.2 Å². The van der Waals surface area contributed by atoms with Gasteiger partial charge >= 0.3 is 12.0 Å². The molecule has 0 fully saturated rings. The summed E-state index contributed by atoms with van der Waals surface area (Å²) in [7, 11) is 0. The number of aromatic carboxylic acids is 1. The molecule has 0 unspecified atom stereocenters. The van der Waals surface area contributed by atoms with Crippen LogP contribution in [0.3, 0.4) is 0 Å². The largest absolute Gasteiger partial charge is 0.475 e. The number of benzene rings is 2. The zero-order valence-corrected chi connectivity index (χ0v) is 15.4. The van der Waals surface area contributed by atoms with E-state index < -0.39 is 17.6 Å². The Kier molecular flexibility index (Phi) is 4.85. The molecule has 0 atom stereocenters. The van der Waals surface area contributed by atoms with Crippen molar-refractivity contribution in [3.05, 3.63) is 76.7 Å². The normalized spacial score (nSPS) is 12.9. The van der Waals surface area contributed by atoms with E-state index >= 15 is 0 Å². The van der Waals surface area contributed by atoms with Crippen molar-refractivity contribution in [2.75, 3.05) is 5.32 Å². The first-order valence-corrected chi connectivity index (χ1v) is 8.78. The monoisotopic (exact) mass is 415 g/mol. The molecule has 1 aliphatic heterocycles. The zero-order valence-electron chi connectivity index (χ0n) is 14.6. The minimum atomic E-state index is -1.25. The van der Waals surface area contributed by atoms with Crippen LogP contribution < -0.4 is 5.32 Å². The van der Waals surface area contributed by atoms with Gasteiger partial charge < -0.3 is 9.52 Å². The van der Waals surface area contributed by atoms with E-state index in [9.17, 15) is 13.6 Å². The Bertz CT molecular complexity index is 1170. The number of oxazole rings is 1. The van der Waals surface area contributed by atoms with Gasteiger partial charge in [-0.3, -0.25) is 5.32 Å². The number of aromatic nitrogens is 1. The van der Waals surface area contributed by atoms with Crippen molar-refractivity contribution in [1.82, 2.24) is 4.98 Å². The van der Waals surface area contributed by atoms with Gasteiger partial charge in [-0.25, -0.2) is 23.6 Å². The molecule has 0 spiro atoms. The standard InChI is InChI=1S/C20H12ClF2N3O3/c21-12-8-11(17-13(22)4-2-5-14(17)23)7-10-3-1-6-16(25-18(10)12)26-20-24-9-15(29-20)19(27)28/h1-2,4-9H,3H2,(H,27,28)(H,24,25,26). The van der Waals surface area contributed by atoms with Crippen LogP contribution in [0.2, 0.25) is 5.02 Å². The zero-order chi connectivity index (χ0) is 20.5. The van der Waals surface area contributed by atoms with E-state index in [0.29, 0.717) is 29.1 Å². The Morgan fingerprint density at radius 2 is 2.00 bits per heavy atom. The lowest BCUT2D eigenvalue weighted by atomic mass is 9.99. The molecule has 2 aromatic carbocycles. The van der Waals surface area contributed by atoms with E-state index in [-0.39, 0.29) is 22.4 Å². The molecule has 0 bridgehead atoms. The summed E-state index contributed by atoms with van der Waals surface area (Å²) in [6.45, 7) is 0. The number of carbonyl (C=O) groups is 1. The van der Waals surface area contributed by atoms with Gasteiger partial charge in [-0.05, 0) is 47.9 Å². The average Bonchev–Trinajstić information content (AvgIpc) is 3.03. The number of aliphatic imine (C=N–C) groups is 1. The van der Waals surface area contributed by atoms with Gasteiger partial charge in [0.2, 0.25) is 5.76 Å². The lowest BCUT2D eigenvalue weighted by molar-refractivity contribution is 0.0663. The predicted octanol–water partition coefficient (Wildman–Crippen LogP) is 5.23. The molecule has 2 heterocycles. The SMILES string of the molecule is O=C(O)c1cnc(NC2=Nc3c(Cl)cc(-c4c(F)cccc4F)cc3CC=C2)o1. The number of carboxylic acids is 1. The van der Waals surface area contributed by atoms with Crippen molar-refractivity contribution < 1.29 is 23.1 Å². The average molecular weight is 416 g/mol. The first-order valence-electron chi connectivity index (χ1n) is 8.40. The fourth-order valence-electron chi connectivity index (χ4n) is 2.92. The summed E-state index contributed by atoms with van der Waals surface area (Å²) in [5.41, 5.74) is 1.24. The Balaban J connectivity index is 1.71. The molecule has 9 heteroatoms. The summed E-state index contributed by atoms with van der Waals surface area (Å²) in [5.74, 6) is -2.62. The van der Waals surface area contributed by atoms with Crippen molar-refractivity contribution in [1.29, 1.82) is 0 Å². The number of anilines is 1. The summed E-state index contributed by atoms with van der Waals surface area (Å²) < 4.78 is 33.4. The van der Waals surface area contributed by atoms with E-state index in [4.69, 9.17) is 21.1 Å². The van der Waals surface area contributed by atoms with Crippen LogP contribution >= 0.6 is 11.6 Å². The number of rotatable bonds is 3. The van der Waals surface area contributed by atoms with Crippen molar-refractivity contribution in [3.63, 3.8) is 0 Å². The number of halogens is 3. The molecule has 0 saturated carbocycles. The maximum Gasteiger partial charge on any atom is 0.373 e. The molecule has 3 aromatic rings. The molecule has 6 nitrogen and oxygen atoms in total. The third-order valence-electron chi connectivity index (χ3n) is 4.19. The van der Waals surface area contributed by atoms with Crippen LogP contribution in [0.5, 0.6) is 0 Å². The Morgan fingerprint density at radius 1 is 1.24 bits per heavy atom. The van der Waals surface area contributed by atoms with Crippen LogP contribution in [0.15, 0.2) is 58.1 Å². The number of carboxylic acid groups (broad SMARTS) is 1. The first-order chi connectivity index (χ1) is 13.9. The number of hydrogen-bond acceptors (Lipinski definition) is 5. The first kappa shape index (κ1) is 18.8. The number of amidine groups is 1. The van der Waals surface area contributed by atoms with Crippen molar-refractivity contribution in [2.45, 2.75) is 6.42 Å². The van der Waals surface area contributed by atoms with Crippen molar-refractivity contribution in [2.24, 2.45) is 4.99 Å². The second-order valence-electron chi connectivity index (χ2n) is 6.13. The highest BCUT2D eigenvalue weighted by atomic mass is 35.5. The highest BCUT2D eigenvalue weighted by Gasteiger charge is 2.18. The van der Waals surface area contributed by atoms with Crippen LogP contribution in [-0.2, 0) is 6.42 Å². The van der Waals surface area contributed by atoms with Crippen LogP contribution in [-0.4, -0.2) is 21.9 Å². The van der Waals surface area contributed by atoms with Crippen molar-refractivity contribution >= 4 is 35.1 Å². The Hall–Kier alpha value is -3.52. The molecule has 29 heavy (non-hydrogen) atoms. The minimum Gasteiger partial charge on any atom is -0.475 e. The second-order valence-corrected chi connectivity index (χ2v) is 6.53. The van der Waals surface area contributed by atoms with Crippen LogP contribution in [0.4, 0.5) is 20.5 Å². The fraction of sp³-hybridized carbons (Fsp3) is 0.0500. The number of fused-ring (bicyclic) bond motifs is 1. The molecule has 1 aromatic heterocycles. The Morgan fingerprint density at radius 3 is 2.69 bits per heavy atom. The topological polar surface area (TPSA) is 87.7 Å². The van der Waals surface area contributed by atoms with Gasteiger partial charge in [-0.15, -0.1) is 0 Å². The molecular formula is C20H12ClF2N3O3. The summed E-state index contributed by atoms with van der Waals surface area (Å²) in [6, 6.07) is 6.69. The van der Waals surface area contributed by atoms with Crippen molar-refractivity contribution in [3.8, 4) is 11.1 Å². The summed E-state index contributed by atoms with van der Waals surface area (Å²) in [4.78, 5) is 19.1. The number of nitrogens with one attached hydrogen (secondary N) is 1. The lowest BCUT2D eigenvalue weighted by Gasteiger charge is -2.11. The van der Waals surface area contributed by atoms with E-state index in [0.717, 1.165) is 6.20 Å². The smallest absolute Gasteiger partial charge is 0.373 e. The van der Waals surface area contributed by atoms with Gasteiger partial charge in [0.1, 0.15) is 17.5 Å². The highest BCUT2D eigenvalue weighted by molar-refractivity contribution is 6.33. The van der Waals surface area contributed by atoms with Gasteiger partial charge in [0.05, 0.1) is 22.5 Å². The molecule has 1 aliphatic rings. The summed E-state index contributed by atoms with van der Waals surface area (Å²) >= 11 is 6.36. The number of hydrogen-bond donors (Lipinski definition) is 2. The second kappa shape index (κ2) is 7.48. The molecule has 0 radical (unpaired) electrons. The molecule has 146 valence electrons. The molecule has 0 aliphatic carbocycles. The fourth-order valence-corrected chi connectivity index (χ4v) is 3.20. The predicted molar refractivity (Wildman–Crippen MR) is 104 cm³/mol. The van der Waals surface area contributed by atoms with Crippen LogP contribution in [0.1, 0.15) is 16.1 Å². The maximum absolute atomic E-state index is 14.1. The molecule has 4 rings (SSSR count). The third-order valence-corrected chi connectivity index (χ3v) is 4.48.